The summed E-state index contributed by atoms with van der Waals surface area (Å²) in [7, 11) is 0. The standard InChI is InChI=1S/C9H11NO.BrH/c1-2-3-6-10-8-9-5-4-7-11-9;/h4-5,7,10H,6,8H2,1H3;1H. The zero-order valence-electron chi connectivity index (χ0n) is 6.96. The van der Waals surface area contributed by atoms with Gasteiger partial charge >= 0.3 is 0 Å². The van der Waals surface area contributed by atoms with Crippen molar-refractivity contribution in [3.8, 4) is 11.8 Å². The molecule has 12 heavy (non-hydrogen) atoms. The Labute approximate surface area is 83.1 Å². The van der Waals surface area contributed by atoms with Crippen molar-refractivity contribution in [2.45, 2.75) is 13.5 Å². The Hall–Kier alpha value is -0.720. The van der Waals surface area contributed by atoms with Crippen molar-refractivity contribution in [2.75, 3.05) is 6.54 Å². The lowest BCUT2D eigenvalue weighted by atomic mass is 10.4. The van der Waals surface area contributed by atoms with Crippen LogP contribution < -0.4 is 5.32 Å². The molecule has 66 valence electrons. The second kappa shape index (κ2) is 6.96. The van der Waals surface area contributed by atoms with E-state index in [4.69, 9.17) is 4.42 Å². The van der Waals surface area contributed by atoms with Gasteiger partial charge in [-0.2, -0.15) is 0 Å². The summed E-state index contributed by atoms with van der Waals surface area (Å²) in [6.07, 6.45) is 1.67. The molecule has 1 rings (SSSR count). The van der Waals surface area contributed by atoms with Crippen LogP contribution in [0.4, 0.5) is 0 Å². The highest BCUT2D eigenvalue weighted by Crippen LogP contribution is 1.97. The summed E-state index contributed by atoms with van der Waals surface area (Å²) < 4.78 is 5.10. The van der Waals surface area contributed by atoms with E-state index < -0.39 is 0 Å². The van der Waals surface area contributed by atoms with Gasteiger partial charge in [-0.15, -0.1) is 22.9 Å². The molecule has 1 N–H and O–H groups in total. The molecule has 1 heterocycles. The fourth-order valence-electron chi connectivity index (χ4n) is 0.750. The average molecular weight is 230 g/mol. The van der Waals surface area contributed by atoms with Crippen molar-refractivity contribution in [1.82, 2.24) is 5.32 Å². The molecule has 0 atom stereocenters. The molecule has 0 unspecified atom stereocenters. The lowest BCUT2D eigenvalue weighted by Gasteiger charge is -1.94. The van der Waals surface area contributed by atoms with Crippen LogP contribution in [0.1, 0.15) is 12.7 Å². The van der Waals surface area contributed by atoms with Crippen molar-refractivity contribution in [3.63, 3.8) is 0 Å². The van der Waals surface area contributed by atoms with E-state index in [-0.39, 0.29) is 17.0 Å². The molecule has 0 amide bonds. The molecular formula is C9H12BrNO. The van der Waals surface area contributed by atoms with Gasteiger partial charge in [-0.1, -0.05) is 5.92 Å². The largest absolute Gasteiger partial charge is 0.468 e. The molecule has 0 aromatic carbocycles. The number of hydrogen-bond donors (Lipinski definition) is 1. The summed E-state index contributed by atoms with van der Waals surface area (Å²) in [4.78, 5) is 0. The average Bonchev–Trinajstić information content (AvgIpc) is 2.50. The first-order valence-corrected chi connectivity index (χ1v) is 3.56. The smallest absolute Gasteiger partial charge is 0.117 e. The third-order valence-corrected chi connectivity index (χ3v) is 1.27. The van der Waals surface area contributed by atoms with Crippen molar-refractivity contribution < 1.29 is 4.42 Å². The molecule has 0 aliphatic rings. The maximum absolute atomic E-state index is 5.10. The third kappa shape index (κ3) is 4.22. The van der Waals surface area contributed by atoms with E-state index in [0.717, 1.165) is 18.8 Å². The first-order valence-electron chi connectivity index (χ1n) is 3.56. The van der Waals surface area contributed by atoms with E-state index in [1.807, 2.05) is 19.1 Å². The fourth-order valence-corrected chi connectivity index (χ4v) is 0.750. The minimum atomic E-state index is 0. The van der Waals surface area contributed by atoms with Crippen molar-refractivity contribution >= 4 is 17.0 Å². The second-order valence-corrected chi connectivity index (χ2v) is 2.11. The molecule has 3 heteroatoms. The fraction of sp³-hybridized carbons (Fsp3) is 0.333. The third-order valence-electron chi connectivity index (χ3n) is 1.27. The molecular weight excluding hydrogens is 218 g/mol. The number of rotatable bonds is 3. The maximum Gasteiger partial charge on any atom is 0.117 e. The zero-order valence-corrected chi connectivity index (χ0v) is 8.68. The molecule has 0 fully saturated rings. The molecule has 0 spiro atoms. The van der Waals surface area contributed by atoms with Gasteiger partial charge in [0.2, 0.25) is 0 Å². The van der Waals surface area contributed by atoms with Crippen LogP contribution in [0.15, 0.2) is 22.8 Å². The lowest BCUT2D eigenvalue weighted by molar-refractivity contribution is 0.491. The summed E-state index contributed by atoms with van der Waals surface area (Å²) in [6, 6.07) is 3.81. The van der Waals surface area contributed by atoms with Gasteiger partial charge in [-0.25, -0.2) is 0 Å². The summed E-state index contributed by atoms with van der Waals surface area (Å²) in [5.41, 5.74) is 0. The second-order valence-electron chi connectivity index (χ2n) is 2.11. The number of hydrogen-bond acceptors (Lipinski definition) is 2. The summed E-state index contributed by atoms with van der Waals surface area (Å²) in [5, 5.41) is 3.12. The van der Waals surface area contributed by atoms with Crippen molar-refractivity contribution in [2.24, 2.45) is 0 Å². The van der Waals surface area contributed by atoms with Crippen LogP contribution >= 0.6 is 17.0 Å². The molecule has 1 aromatic rings. The van der Waals surface area contributed by atoms with Crippen LogP contribution in [-0.2, 0) is 6.54 Å². The van der Waals surface area contributed by atoms with Gasteiger partial charge in [0, 0.05) is 0 Å². The Bertz CT molecular complexity index is 245. The van der Waals surface area contributed by atoms with E-state index in [0.29, 0.717) is 0 Å². The van der Waals surface area contributed by atoms with Crippen molar-refractivity contribution in [3.05, 3.63) is 24.2 Å². The van der Waals surface area contributed by atoms with Gasteiger partial charge in [0.1, 0.15) is 5.76 Å². The van der Waals surface area contributed by atoms with E-state index in [9.17, 15) is 0 Å². The number of furan rings is 1. The summed E-state index contributed by atoms with van der Waals surface area (Å²) in [5.74, 6) is 6.66. The molecule has 0 aliphatic carbocycles. The maximum atomic E-state index is 5.10. The SMILES string of the molecule is Br.CC#CCNCc1ccco1. The van der Waals surface area contributed by atoms with Gasteiger partial charge in [0.15, 0.2) is 0 Å². The Kier molecular flexibility index (Phi) is 6.54. The molecule has 0 radical (unpaired) electrons. The highest BCUT2D eigenvalue weighted by Gasteiger charge is 1.90. The van der Waals surface area contributed by atoms with Crippen LogP contribution in [0.5, 0.6) is 0 Å². The highest BCUT2D eigenvalue weighted by atomic mass is 79.9. The first-order chi connectivity index (χ1) is 5.43. The van der Waals surface area contributed by atoms with Crippen LogP contribution in [0.3, 0.4) is 0 Å². The Morgan fingerprint density at radius 1 is 1.58 bits per heavy atom. The van der Waals surface area contributed by atoms with Crippen LogP contribution in [-0.4, -0.2) is 6.54 Å². The van der Waals surface area contributed by atoms with Gasteiger partial charge in [-0.3, -0.25) is 5.32 Å². The monoisotopic (exact) mass is 229 g/mol. The minimum absolute atomic E-state index is 0. The van der Waals surface area contributed by atoms with Gasteiger partial charge in [-0.05, 0) is 19.1 Å². The van der Waals surface area contributed by atoms with Gasteiger partial charge < -0.3 is 4.42 Å². The number of nitrogens with one attached hydrogen (secondary N) is 1. The molecule has 0 aliphatic heterocycles. The van der Waals surface area contributed by atoms with E-state index in [2.05, 4.69) is 17.2 Å². The number of halogens is 1. The molecule has 0 saturated carbocycles. The Balaban J connectivity index is 0.00000121. The Morgan fingerprint density at radius 2 is 2.42 bits per heavy atom. The van der Waals surface area contributed by atoms with Crippen LogP contribution in [0.25, 0.3) is 0 Å². The Morgan fingerprint density at radius 3 is 3.00 bits per heavy atom. The van der Waals surface area contributed by atoms with Gasteiger partial charge in [0.05, 0.1) is 19.4 Å². The van der Waals surface area contributed by atoms with Crippen molar-refractivity contribution in [1.29, 1.82) is 0 Å². The van der Waals surface area contributed by atoms with Crippen LogP contribution in [0, 0.1) is 11.8 Å². The lowest BCUT2D eigenvalue weighted by Crippen LogP contribution is -2.12. The predicted molar refractivity (Wildman–Crippen MR) is 54.2 cm³/mol. The molecule has 2 nitrogen and oxygen atoms in total. The molecule has 1 aromatic heterocycles. The first kappa shape index (κ1) is 11.3. The topological polar surface area (TPSA) is 25.2 Å². The predicted octanol–water partition coefficient (Wildman–Crippen LogP) is 1.97. The van der Waals surface area contributed by atoms with E-state index in [1.165, 1.54) is 0 Å². The molecule has 0 saturated heterocycles. The van der Waals surface area contributed by atoms with E-state index in [1.54, 1.807) is 6.26 Å². The van der Waals surface area contributed by atoms with Crippen LogP contribution in [0.2, 0.25) is 0 Å². The van der Waals surface area contributed by atoms with E-state index >= 15 is 0 Å². The summed E-state index contributed by atoms with van der Waals surface area (Å²) >= 11 is 0. The normalized spacial score (nSPS) is 8.08. The molecule has 0 bridgehead atoms. The quantitative estimate of drug-likeness (QED) is 0.634. The minimum Gasteiger partial charge on any atom is -0.468 e. The highest BCUT2D eigenvalue weighted by molar-refractivity contribution is 8.93. The zero-order chi connectivity index (χ0) is 7.94. The summed E-state index contributed by atoms with van der Waals surface area (Å²) in [6.45, 7) is 3.30. The van der Waals surface area contributed by atoms with Gasteiger partial charge in [0.25, 0.3) is 0 Å².